The van der Waals surface area contributed by atoms with Crippen LogP contribution in [0, 0.1) is 51.5 Å². The Morgan fingerprint density at radius 2 is 1.72 bits per heavy atom. The number of sulfone groups is 1. The first-order valence-electron chi connectivity index (χ1n) is 19.5. The molecule has 0 aliphatic heterocycles. The van der Waals surface area contributed by atoms with Gasteiger partial charge in [-0.1, -0.05) is 39.0 Å². The topological polar surface area (TPSA) is 192 Å². The second-order valence-corrected chi connectivity index (χ2v) is 18.7. The van der Waals surface area contributed by atoms with Crippen LogP contribution < -0.4 is 15.0 Å². The molecule has 0 radical (unpaired) electrons. The highest BCUT2D eigenvalue weighted by Gasteiger charge is 2.62. The maximum Gasteiger partial charge on any atom is 0.414 e. The van der Waals surface area contributed by atoms with Gasteiger partial charge in [0.1, 0.15) is 6.04 Å². The molecule has 3 N–H and O–H groups in total. The van der Waals surface area contributed by atoms with Gasteiger partial charge >= 0.3 is 16.9 Å². The van der Waals surface area contributed by atoms with Crippen molar-refractivity contribution in [3.8, 4) is 5.88 Å². The molecule has 4 fully saturated rings. The van der Waals surface area contributed by atoms with Crippen molar-refractivity contribution >= 4 is 21.7 Å². The van der Waals surface area contributed by atoms with Crippen LogP contribution in [0.1, 0.15) is 105 Å². The standard InChI is InChI=1S/C39H57N3O10S/c1-24(29-13-14-30-34-31(17-19-39(29,30)4)38(3)18-16-27(43)22-26(38)23-32(34)44)12-15-33(45)40-25(2)37(46)51-21-9-8-20-50-35-36(42(47)52-41-35)53(48,49)28-10-6-5-7-11-28/h5-7,10-11,24-27,29-32,34,43-44H,8-9,12-23H2,1-4H3,(H,40,45)/t24-,25+,26+,27-,29-,30+,31+,32+,34?,38+,39-/m1/s1. The van der Waals surface area contributed by atoms with Gasteiger partial charge < -0.3 is 30.2 Å². The van der Waals surface area contributed by atoms with Crippen LogP contribution in [0.5, 0.6) is 5.88 Å². The summed E-state index contributed by atoms with van der Waals surface area (Å²) in [5.74, 6) is 1.30. The first kappa shape index (κ1) is 39.5. The normalized spacial score (nSPS) is 33.5. The fourth-order valence-corrected chi connectivity index (χ4v) is 12.3. The second kappa shape index (κ2) is 15.9. The number of rotatable bonds is 14. The zero-order valence-electron chi connectivity index (χ0n) is 31.4. The lowest BCUT2D eigenvalue weighted by Crippen LogP contribution is -2.58. The summed E-state index contributed by atoms with van der Waals surface area (Å²) in [5.41, 5.74) is 0.327. The molecule has 4 aliphatic carbocycles. The van der Waals surface area contributed by atoms with E-state index in [9.17, 15) is 33.4 Å². The van der Waals surface area contributed by atoms with E-state index in [1.54, 1.807) is 13.0 Å². The number of aromatic nitrogens is 2. The van der Waals surface area contributed by atoms with Gasteiger partial charge in [0, 0.05) is 6.42 Å². The highest BCUT2D eigenvalue weighted by Crippen LogP contribution is 2.68. The minimum atomic E-state index is -4.22. The predicted molar refractivity (Wildman–Crippen MR) is 192 cm³/mol. The summed E-state index contributed by atoms with van der Waals surface area (Å²) >= 11 is 0. The molecule has 13 nitrogen and oxygen atoms in total. The van der Waals surface area contributed by atoms with Gasteiger partial charge in [-0.15, -0.1) is 0 Å². The molecule has 0 saturated heterocycles. The molecule has 1 heterocycles. The summed E-state index contributed by atoms with van der Waals surface area (Å²) in [7, 11) is -4.22. The maximum absolute atomic E-state index is 12.9. The Bertz CT molecular complexity index is 1700. The van der Waals surface area contributed by atoms with Crippen molar-refractivity contribution in [3.63, 3.8) is 0 Å². The largest absolute Gasteiger partial charge is 0.464 e. The molecular weight excluding hydrogens is 703 g/mol. The van der Waals surface area contributed by atoms with E-state index in [4.69, 9.17) is 9.47 Å². The smallest absolute Gasteiger partial charge is 0.414 e. The number of carbonyl (C=O) groups excluding carboxylic acids is 2. The number of nitrogens with one attached hydrogen (secondary N) is 1. The zero-order chi connectivity index (χ0) is 38.1. The molecule has 294 valence electrons. The predicted octanol–water partition coefficient (Wildman–Crippen LogP) is 4.75. The Hall–Kier alpha value is -3.23. The number of aliphatic hydroxyl groups is 2. The number of hydrogen-bond acceptors (Lipinski definition) is 11. The summed E-state index contributed by atoms with van der Waals surface area (Å²) in [6.07, 6.45) is 9.28. The first-order valence-corrected chi connectivity index (χ1v) is 21.0. The highest BCUT2D eigenvalue weighted by atomic mass is 32.2. The molecule has 1 aromatic carbocycles. The number of aliphatic hydroxyl groups excluding tert-OH is 2. The van der Waals surface area contributed by atoms with Gasteiger partial charge in [-0.25, -0.2) is 13.2 Å². The van der Waals surface area contributed by atoms with Crippen LogP contribution >= 0.6 is 0 Å². The van der Waals surface area contributed by atoms with E-state index in [1.165, 1.54) is 24.3 Å². The average Bonchev–Trinajstić information content (AvgIpc) is 3.69. The van der Waals surface area contributed by atoms with E-state index in [0.29, 0.717) is 54.8 Å². The SMILES string of the molecule is C[C@H](NC(=O)CC[C@@H](C)[C@H]1CC[C@H]2C3[C@@H](O)C[C@@H]4C[C@H](O)CC[C@]4(C)[C@H]3CC[C@]12C)C(=O)OCCCCOc1no[n+]([O-])c1S(=O)(=O)c1ccccc1. The fraction of sp³-hybridized carbons (Fsp3) is 0.744. The van der Waals surface area contributed by atoms with Gasteiger partial charge in [0.2, 0.25) is 5.91 Å². The minimum Gasteiger partial charge on any atom is -0.464 e. The molecule has 0 bridgehead atoms. The van der Waals surface area contributed by atoms with Crippen LogP contribution in [0.4, 0.5) is 0 Å². The van der Waals surface area contributed by atoms with E-state index in [2.05, 4.69) is 35.9 Å². The average molecular weight is 760 g/mol. The van der Waals surface area contributed by atoms with Gasteiger partial charge in [0.05, 0.1) is 35.5 Å². The summed E-state index contributed by atoms with van der Waals surface area (Å²) in [4.78, 5) is 25.2. The van der Waals surface area contributed by atoms with E-state index >= 15 is 0 Å². The van der Waals surface area contributed by atoms with Crippen LogP contribution in [0.15, 0.2) is 44.9 Å². The maximum atomic E-state index is 12.9. The van der Waals surface area contributed by atoms with Crippen molar-refractivity contribution in [2.75, 3.05) is 13.2 Å². The fourth-order valence-electron chi connectivity index (χ4n) is 11.0. The molecule has 6 rings (SSSR count). The molecule has 1 unspecified atom stereocenters. The molecule has 4 saturated carbocycles. The van der Waals surface area contributed by atoms with Crippen molar-refractivity contribution in [2.45, 2.75) is 133 Å². The summed E-state index contributed by atoms with van der Waals surface area (Å²) in [6.45, 7) is 8.78. The highest BCUT2D eigenvalue weighted by molar-refractivity contribution is 7.91. The molecule has 0 spiro atoms. The van der Waals surface area contributed by atoms with E-state index in [0.717, 1.165) is 57.8 Å². The summed E-state index contributed by atoms with van der Waals surface area (Å²) in [6, 6.07) is 6.59. The van der Waals surface area contributed by atoms with E-state index in [1.807, 2.05) is 0 Å². The number of nitrogens with zero attached hydrogens (tertiary/aromatic N) is 2. The Morgan fingerprint density at radius 3 is 2.47 bits per heavy atom. The molecule has 4 aliphatic rings. The summed E-state index contributed by atoms with van der Waals surface area (Å²) in [5, 5.41) is 39.4. The lowest BCUT2D eigenvalue weighted by Gasteiger charge is -2.62. The van der Waals surface area contributed by atoms with Crippen molar-refractivity contribution in [1.29, 1.82) is 0 Å². The molecule has 11 atom stereocenters. The van der Waals surface area contributed by atoms with Crippen LogP contribution in [0.2, 0.25) is 0 Å². The van der Waals surface area contributed by atoms with Crippen molar-refractivity contribution in [1.82, 2.24) is 10.5 Å². The van der Waals surface area contributed by atoms with Gasteiger partial charge in [-0.05, 0) is 141 Å². The molecule has 1 aromatic heterocycles. The zero-order valence-corrected chi connectivity index (χ0v) is 32.3. The number of carbonyl (C=O) groups is 2. The van der Waals surface area contributed by atoms with Crippen LogP contribution in [-0.4, -0.2) is 67.1 Å². The lowest BCUT2D eigenvalue weighted by molar-refractivity contribution is -0.832. The first-order chi connectivity index (χ1) is 25.2. The van der Waals surface area contributed by atoms with Crippen LogP contribution in [-0.2, 0) is 24.2 Å². The van der Waals surface area contributed by atoms with E-state index in [-0.39, 0.29) is 52.0 Å². The number of esters is 1. The number of fused-ring (bicyclic) bond motifs is 5. The van der Waals surface area contributed by atoms with Gasteiger partial charge in [0.25, 0.3) is 9.84 Å². The quantitative estimate of drug-likeness (QED) is 0.137. The van der Waals surface area contributed by atoms with Gasteiger partial charge in [-0.2, -0.15) is 0 Å². The molecule has 53 heavy (non-hydrogen) atoms. The number of ether oxygens (including phenoxy) is 2. The Morgan fingerprint density at radius 1 is 1.02 bits per heavy atom. The number of amides is 1. The monoisotopic (exact) mass is 759 g/mol. The lowest BCUT2D eigenvalue weighted by atomic mass is 9.43. The van der Waals surface area contributed by atoms with Crippen molar-refractivity contribution in [3.05, 3.63) is 35.5 Å². The molecule has 1 amide bonds. The Kier molecular flexibility index (Phi) is 11.8. The van der Waals surface area contributed by atoms with Crippen molar-refractivity contribution < 1.29 is 47.2 Å². The number of benzene rings is 1. The second-order valence-electron chi connectivity index (χ2n) is 16.8. The number of unbranched alkanes of at least 4 members (excludes halogenated alkanes) is 1. The van der Waals surface area contributed by atoms with Crippen molar-refractivity contribution in [2.24, 2.45) is 46.3 Å². The minimum absolute atomic E-state index is 0.000666. The third kappa shape index (κ3) is 7.82. The molecule has 14 heteroatoms. The Labute approximate surface area is 312 Å². The third-order valence-electron chi connectivity index (χ3n) is 13.9. The number of hydrogen-bond donors (Lipinski definition) is 3. The molecular formula is C39H57N3O10S. The van der Waals surface area contributed by atoms with E-state index < -0.39 is 32.8 Å². The van der Waals surface area contributed by atoms with Crippen LogP contribution in [0.25, 0.3) is 0 Å². The Balaban J connectivity index is 0.908. The van der Waals surface area contributed by atoms with Gasteiger partial charge in [0.15, 0.2) is 0 Å². The van der Waals surface area contributed by atoms with Crippen LogP contribution in [0.3, 0.4) is 0 Å². The third-order valence-corrected chi connectivity index (χ3v) is 15.6. The summed E-state index contributed by atoms with van der Waals surface area (Å²) < 4.78 is 41.0. The van der Waals surface area contributed by atoms with Gasteiger partial charge in [-0.3, -0.25) is 9.42 Å². The molecule has 2 aromatic rings.